The van der Waals surface area contributed by atoms with Gasteiger partial charge in [0.25, 0.3) is 0 Å². The van der Waals surface area contributed by atoms with Gasteiger partial charge in [0.2, 0.25) is 0 Å². The van der Waals surface area contributed by atoms with Gasteiger partial charge >= 0.3 is 12.0 Å². The van der Waals surface area contributed by atoms with Crippen molar-refractivity contribution in [1.29, 1.82) is 0 Å². The molecule has 0 aliphatic carbocycles. The number of carbonyl (C=O) groups is 2. The molecule has 2 amide bonds. The highest BCUT2D eigenvalue weighted by Crippen LogP contribution is 2.43. The van der Waals surface area contributed by atoms with Crippen LogP contribution in [0.15, 0.2) is 35.9 Å². The number of carbonyl (C=O) groups excluding carboxylic acids is 2. The Balaban J connectivity index is 1.99. The average Bonchev–Trinajstić information content (AvgIpc) is 2.93. The second-order valence-electron chi connectivity index (χ2n) is 6.06. The summed E-state index contributed by atoms with van der Waals surface area (Å²) in [5.41, 5.74) is 2.56. The fourth-order valence-corrected chi connectivity index (χ4v) is 3.76. The first-order chi connectivity index (χ1) is 11.7. The van der Waals surface area contributed by atoms with E-state index in [1.54, 1.807) is 4.90 Å². The molecule has 2 bridgehead atoms. The number of benzene rings is 1. The van der Waals surface area contributed by atoms with Crippen LogP contribution < -0.4 is 5.32 Å². The Bertz CT molecular complexity index is 656. The highest BCUT2D eigenvalue weighted by molar-refractivity contribution is 6.01. The van der Waals surface area contributed by atoms with Crippen LogP contribution >= 0.6 is 0 Å². The normalized spacial score (nSPS) is 22.5. The molecule has 0 radical (unpaired) electrons. The number of hydrogen-bond acceptors (Lipinski definition) is 4. The van der Waals surface area contributed by atoms with Gasteiger partial charge < -0.3 is 20.1 Å². The highest BCUT2D eigenvalue weighted by Gasteiger charge is 2.46. The summed E-state index contributed by atoms with van der Waals surface area (Å²) in [7, 11) is 1.37. The molecule has 128 valence electrons. The van der Waals surface area contributed by atoms with Crippen LogP contribution in [-0.2, 0) is 9.53 Å². The van der Waals surface area contributed by atoms with Crippen LogP contribution in [0.5, 0.6) is 0 Å². The second-order valence-corrected chi connectivity index (χ2v) is 6.06. The molecular formula is C18H22N2O4. The number of urea groups is 1. The number of fused-ring (bicyclic) bond motifs is 2. The van der Waals surface area contributed by atoms with Crippen molar-refractivity contribution in [3.8, 4) is 0 Å². The maximum Gasteiger partial charge on any atom is 0.336 e. The number of amides is 2. The van der Waals surface area contributed by atoms with Crippen LogP contribution in [0.1, 0.15) is 24.8 Å². The Morgan fingerprint density at radius 3 is 2.71 bits per heavy atom. The van der Waals surface area contributed by atoms with E-state index in [4.69, 9.17) is 9.84 Å². The first kappa shape index (κ1) is 16.5. The Hall–Kier alpha value is -2.34. The smallest absolute Gasteiger partial charge is 0.336 e. The minimum Gasteiger partial charge on any atom is -0.466 e. The molecule has 3 rings (SSSR count). The third-order valence-electron chi connectivity index (χ3n) is 4.75. The van der Waals surface area contributed by atoms with Gasteiger partial charge in [-0.1, -0.05) is 30.3 Å². The van der Waals surface area contributed by atoms with Crippen LogP contribution in [0.4, 0.5) is 4.79 Å². The number of esters is 1. The lowest BCUT2D eigenvalue weighted by molar-refractivity contribution is -0.136. The summed E-state index contributed by atoms with van der Waals surface area (Å²) < 4.78 is 5.01. The van der Waals surface area contributed by atoms with Gasteiger partial charge in [0.15, 0.2) is 0 Å². The van der Waals surface area contributed by atoms with E-state index in [1.165, 1.54) is 7.11 Å². The molecule has 0 spiro atoms. The number of methoxy groups -OCH3 is 1. The predicted octanol–water partition coefficient (Wildman–Crippen LogP) is 1.55. The van der Waals surface area contributed by atoms with Crippen molar-refractivity contribution in [2.75, 3.05) is 20.3 Å². The molecular weight excluding hydrogens is 308 g/mol. The number of hydrogen-bond donors (Lipinski definition) is 2. The Kier molecular flexibility index (Phi) is 4.85. The molecule has 6 nitrogen and oxygen atoms in total. The van der Waals surface area contributed by atoms with Gasteiger partial charge in [0, 0.05) is 12.6 Å². The second kappa shape index (κ2) is 7.05. The first-order valence-corrected chi connectivity index (χ1v) is 8.21. The van der Waals surface area contributed by atoms with Crippen LogP contribution in [0, 0.1) is 0 Å². The van der Waals surface area contributed by atoms with Crippen molar-refractivity contribution < 1.29 is 19.4 Å². The van der Waals surface area contributed by atoms with E-state index in [-0.39, 0.29) is 37.2 Å². The molecule has 0 saturated carbocycles. The van der Waals surface area contributed by atoms with E-state index in [1.807, 2.05) is 30.3 Å². The summed E-state index contributed by atoms with van der Waals surface area (Å²) in [6.45, 7) is 0.0987. The fraction of sp³-hybridized carbons (Fsp3) is 0.444. The SMILES string of the molecule is COC(=O)C1=C(c2ccccc2)C[C@@H]2CC[C@H]1N2C(=O)NCCO. The van der Waals surface area contributed by atoms with E-state index < -0.39 is 0 Å². The topological polar surface area (TPSA) is 78.9 Å². The van der Waals surface area contributed by atoms with Crippen molar-refractivity contribution in [1.82, 2.24) is 10.2 Å². The number of aliphatic hydroxyl groups is 1. The van der Waals surface area contributed by atoms with Gasteiger partial charge in [-0.25, -0.2) is 9.59 Å². The van der Waals surface area contributed by atoms with Gasteiger partial charge in [-0.2, -0.15) is 0 Å². The lowest BCUT2D eigenvalue weighted by Gasteiger charge is -2.37. The van der Waals surface area contributed by atoms with E-state index in [0.29, 0.717) is 12.0 Å². The maximum absolute atomic E-state index is 12.4. The summed E-state index contributed by atoms with van der Waals surface area (Å²) in [6.07, 6.45) is 2.24. The number of rotatable bonds is 4. The van der Waals surface area contributed by atoms with Crippen molar-refractivity contribution in [2.45, 2.75) is 31.3 Å². The van der Waals surface area contributed by atoms with Crippen molar-refractivity contribution in [2.24, 2.45) is 0 Å². The van der Waals surface area contributed by atoms with Crippen molar-refractivity contribution in [3.05, 3.63) is 41.5 Å². The number of nitrogens with zero attached hydrogens (tertiary/aromatic N) is 1. The molecule has 2 N–H and O–H groups in total. The molecule has 1 fully saturated rings. The van der Waals surface area contributed by atoms with Gasteiger partial charge in [-0.3, -0.25) is 0 Å². The fourth-order valence-electron chi connectivity index (χ4n) is 3.76. The third kappa shape index (κ3) is 2.89. The van der Waals surface area contributed by atoms with E-state index >= 15 is 0 Å². The van der Waals surface area contributed by atoms with Crippen LogP contribution in [0.25, 0.3) is 5.57 Å². The summed E-state index contributed by atoms with van der Waals surface area (Å²) in [4.78, 5) is 26.6. The summed E-state index contributed by atoms with van der Waals surface area (Å²) in [6, 6.07) is 9.36. The van der Waals surface area contributed by atoms with E-state index in [9.17, 15) is 9.59 Å². The lowest BCUT2D eigenvalue weighted by atomic mass is 9.88. The van der Waals surface area contributed by atoms with E-state index in [2.05, 4.69) is 5.32 Å². The average molecular weight is 330 g/mol. The molecule has 1 saturated heterocycles. The Labute approximate surface area is 141 Å². The van der Waals surface area contributed by atoms with Gasteiger partial charge in [0.05, 0.1) is 25.3 Å². The zero-order chi connectivity index (χ0) is 17.1. The molecule has 2 aliphatic rings. The van der Waals surface area contributed by atoms with Gasteiger partial charge in [-0.05, 0) is 30.4 Å². The minimum absolute atomic E-state index is 0.0669. The quantitative estimate of drug-likeness (QED) is 0.821. The molecule has 1 aromatic rings. The first-order valence-electron chi connectivity index (χ1n) is 8.21. The third-order valence-corrected chi connectivity index (χ3v) is 4.75. The van der Waals surface area contributed by atoms with Gasteiger partial charge in [-0.15, -0.1) is 0 Å². The molecule has 2 heterocycles. The number of aliphatic hydroxyl groups excluding tert-OH is 1. The summed E-state index contributed by atoms with van der Waals surface area (Å²) in [5.74, 6) is -0.376. The van der Waals surface area contributed by atoms with E-state index in [0.717, 1.165) is 24.0 Å². The molecule has 2 atom stereocenters. The number of nitrogens with one attached hydrogen (secondary N) is 1. The highest BCUT2D eigenvalue weighted by atomic mass is 16.5. The monoisotopic (exact) mass is 330 g/mol. The Morgan fingerprint density at radius 1 is 1.29 bits per heavy atom. The predicted molar refractivity (Wildman–Crippen MR) is 89.1 cm³/mol. The standard InChI is InChI=1S/C18H22N2O4/c1-24-17(22)16-14(12-5-3-2-4-6-12)11-13-7-8-15(16)20(13)18(23)19-9-10-21/h2-6,13,15,21H,7-11H2,1H3,(H,19,23)/t13-,15+/m0/s1. The van der Waals surface area contributed by atoms with Crippen molar-refractivity contribution >= 4 is 17.6 Å². The molecule has 0 unspecified atom stereocenters. The zero-order valence-electron chi connectivity index (χ0n) is 13.7. The van der Waals surface area contributed by atoms with Crippen molar-refractivity contribution in [3.63, 3.8) is 0 Å². The largest absolute Gasteiger partial charge is 0.466 e. The van der Waals surface area contributed by atoms with Gasteiger partial charge in [0.1, 0.15) is 0 Å². The summed E-state index contributed by atoms with van der Waals surface area (Å²) in [5, 5.41) is 11.6. The van der Waals surface area contributed by atoms with Crippen LogP contribution in [0.2, 0.25) is 0 Å². The molecule has 0 aromatic heterocycles. The molecule has 2 aliphatic heterocycles. The summed E-state index contributed by atoms with van der Waals surface area (Å²) >= 11 is 0. The van der Waals surface area contributed by atoms with Crippen LogP contribution in [0.3, 0.4) is 0 Å². The lowest BCUT2D eigenvalue weighted by Crippen LogP contribution is -2.51. The molecule has 24 heavy (non-hydrogen) atoms. The molecule has 6 heteroatoms. The number of ether oxygens (including phenoxy) is 1. The maximum atomic E-state index is 12.4. The van der Waals surface area contributed by atoms with Crippen LogP contribution in [-0.4, -0.2) is 54.4 Å². The molecule has 1 aromatic carbocycles. The Morgan fingerprint density at radius 2 is 2.04 bits per heavy atom. The zero-order valence-corrected chi connectivity index (χ0v) is 13.7. The minimum atomic E-state index is -0.376.